The van der Waals surface area contributed by atoms with Crippen LogP contribution in [0, 0.1) is 5.41 Å². The molecule has 1 saturated heterocycles. The van der Waals surface area contributed by atoms with Gasteiger partial charge < -0.3 is 0 Å². The van der Waals surface area contributed by atoms with Gasteiger partial charge >= 0.3 is 0 Å². The number of Topliss-reactive ketones (excluding diaryl/α,β-unsaturated/α-hetero) is 1. The smallest absolute Gasteiger partial charge is 0.186 e. The summed E-state index contributed by atoms with van der Waals surface area (Å²) in [6.45, 7) is 8.28. The third-order valence-electron chi connectivity index (χ3n) is 4.81. The van der Waals surface area contributed by atoms with E-state index in [1.165, 1.54) is 17.1 Å². The van der Waals surface area contributed by atoms with E-state index in [9.17, 15) is 4.79 Å². The summed E-state index contributed by atoms with van der Waals surface area (Å²) < 4.78 is 0.0785. The number of carbonyl (C=O) groups is 1. The summed E-state index contributed by atoms with van der Waals surface area (Å²) in [4.78, 5) is 13.0. The van der Waals surface area contributed by atoms with Gasteiger partial charge in [0.05, 0.1) is 4.08 Å². The highest BCUT2D eigenvalue weighted by Crippen LogP contribution is 2.58. The van der Waals surface area contributed by atoms with Crippen LogP contribution in [0.4, 0.5) is 0 Å². The zero-order valence-corrected chi connectivity index (χ0v) is 14.0. The molecule has 0 aromatic rings. The van der Waals surface area contributed by atoms with Gasteiger partial charge in [0, 0.05) is 17.1 Å². The standard InChI is InChI=1S/C17H22OS2/c1-4-16(3)7-6-13(11-16)15(18)14-12(2)5-8-17(14)19-9-10-20-17/h4,6H,1,5,7-11H2,2-3H3/t16-/m1/s1. The number of thioether (sulfide) groups is 2. The largest absolute Gasteiger partial charge is 0.289 e. The summed E-state index contributed by atoms with van der Waals surface area (Å²) in [7, 11) is 0. The highest BCUT2D eigenvalue weighted by Gasteiger charge is 2.47. The van der Waals surface area contributed by atoms with Crippen molar-refractivity contribution in [3.05, 3.63) is 35.5 Å². The summed E-state index contributed by atoms with van der Waals surface area (Å²) in [6, 6.07) is 0. The van der Waals surface area contributed by atoms with E-state index in [1.807, 2.05) is 29.6 Å². The Morgan fingerprint density at radius 1 is 1.40 bits per heavy atom. The highest BCUT2D eigenvalue weighted by atomic mass is 32.2. The van der Waals surface area contributed by atoms with Crippen molar-refractivity contribution in [2.45, 2.75) is 43.6 Å². The fraction of sp³-hybridized carbons (Fsp3) is 0.588. The van der Waals surface area contributed by atoms with Crippen LogP contribution in [0.15, 0.2) is 35.5 Å². The Bertz CT molecular complexity index is 523. The quantitative estimate of drug-likeness (QED) is 0.700. The number of allylic oxidation sites excluding steroid dienone is 4. The Balaban J connectivity index is 1.87. The molecule has 0 bridgehead atoms. The normalized spacial score (nSPS) is 32.0. The first-order valence-corrected chi connectivity index (χ1v) is 9.32. The second-order valence-electron chi connectivity index (χ2n) is 6.40. The van der Waals surface area contributed by atoms with Crippen molar-refractivity contribution in [3.63, 3.8) is 0 Å². The third-order valence-corrected chi connectivity index (χ3v) is 8.34. The molecule has 1 spiro atoms. The first-order valence-electron chi connectivity index (χ1n) is 7.35. The molecule has 1 nitrogen and oxygen atoms in total. The molecule has 0 aromatic heterocycles. The summed E-state index contributed by atoms with van der Waals surface area (Å²) in [6.07, 6.45) is 8.21. The van der Waals surface area contributed by atoms with Gasteiger partial charge in [0.2, 0.25) is 0 Å². The van der Waals surface area contributed by atoms with Gasteiger partial charge in [0.1, 0.15) is 0 Å². The molecule has 3 heteroatoms. The van der Waals surface area contributed by atoms with Crippen molar-refractivity contribution in [3.8, 4) is 0 Å². The third kappa shape index (κ3) is 2.23. The Morgan fingerprint density at radius 3 is 2.70 bits per heavy atom. The summed E-state index contributed by atoms with van der Waals surface area (Å²) in [5, 5.41) is 0. The zero-order chi connectivity index (χ0) is 14.4. The zero-order valence-electron chi connectivity index (χ0n) is 12.3. The van der Waals surface area contributed by atoms with Crippen molar-refractivity contribution < 1.29 is 4.79 Å². The average Bonchev–Trinajstić information content (AvgIpc) is 3.12. The molecule has 2 aliphatic carbocycles. The van der Waals surface area contributed by atoms with Crippen LogP contribution in [0.2, 0.25) is 0 Å². The van der Waals surface area contributed by atoms with Crippen molar-refractivity contribution in [1.29, 1.82) is 0 Å². The molecule has 0 amide bonds. The van der Waals surface area contributed by atoms with E-state index in [1.54, 1.807) is 0 Å². The second kappa shape index (κ2) is 5.10. The van der Waals surface area contributed by atoms with Gasteiger partial charge in [-0.05, 0) is 43.6 Å². The summed E-state index contributed by atoms with van der Waals surface area (Å²) >= 11 is 3.99. The fourth-order valence-electron chi connectivity index (χ4n) is 3.46. The van der Waals surface area contributed by atoms with Gasteiger partial charge in [-0.3, -0.25) is 4.79 Å². The lowest BCUT2D eigenvalue weighted by atomic mass is 9.85. The monoisotopic (exact) mass is 306 g/mol. The lowest BCUT2D eigenvalue weighted by Gasteiger charge is -2.26. The molecule has 0 radical (unpaired) electrons. The molecule has 1 fully saturated rings. The van der Waals surface area contributed by atoms with Crippen LogP contribution < -0.4 is 0 Å². The number of hydrogen-bond donors (Lipinski definition) is 0. The van der Waals surface area contributed by atoms with E-state index in [2.05, 4.69) is 26.5 Å². The molecule has 1 aliphatic heterocycles. The molecule has 3 rings (SSSR count). The van der Waals surface area contributed by atoms with Gasteiger partial charge in [-0.15, -0.1) is 30.1 Å². The molecule has 3 aliphatic rings. The Hall–Kier alpha value is -0.410. The first-order chi connectivity index (χ1) is 9.50. The molecule has 0 unspecified atom stereocenters. The Kier molecular flexibility index (Phi) is 3.70. The summed E-state index contributed by atoms with van der Waals surface area (Å²) in [5.41, 5.74) is 3.56. The topological polar surface area (TPSA) is 17.1 Å². The number of rotatable bonds is 3. The maximum Gasteiger partial charge on any atom is 0.186 e. The van der Waals surface area contributed by atoms with E-state index < -0.39 is 0 Å². The van der Waals surface area contributed by atoms with Crippen molar-refractivity contribution in [2.75, 3.05) is 11.5 Å². The molecular weight excluding hydrogens is 284 g/mol. The van der Waals surface area contributed by atoms with Crippen LogP contribution in [-0.4, -0.2) is 21.4 Å². The Labute approximate surface area is 130 Å². The van der Waals surface area contributed by atoms with E-state index in [0.29, 0.717) is 5.78 Å². The van der Waals surface area contributed by atoms with Gasteiger partial charge in [-0.25, -0.2) is 0 Å². The van der Waals surface area contributed by atoms with Crippen LogP contribution in [0.25, 0.3) is 0 Å². The minimum absolute atomic E-state index is 0.0785. The van der Waals surface area contributed by atoms with E-state index in [4.69, 9.17) is 0 Å². The highest BCUT2D eigenvalue weighted by molar-refractivity contribution is 8.21. The van der Waals surface area contributed by atoms with Crippen LogP contribution in [0.1, 0.15) is 39.5 Å². The van der Waals surface area contributed by atoms with Gasteiger partial charge in [-0.1, -0.05) is 24.6 Å². The van der Waals surface area contributed by atoms with Gasteiger partial charge in [0.25, 0.3) is 0 Å². The minimum Gasteiger partial charge on any atom is -0.289 e. The first kappa shape index (κ1) is 14.5. The predicted octanol–water partition coefficient (Wildman–Crippen LogP) is 4.75. The maximum atomic E-state index is 13.0. The number of hydrogen-bond acceptors (Lipinski definition) is 3. The van der Waals surface area contributed by atoms with Crippen LogP contribution in [0.3, 0.4) is 0 Å². The van der Waals surface area contributed by atoms with Crippen LogP contribution in [-0.2, 0) is 4.79 Å². The molecule has 108 valence electrons. The van der Waals surface area contributed by atoms with E-state index in [-0.39, 0.29) is 9.49 Å². The second-order valence-corrected chi connectivity index (χ2v) is 9.45. The molecule has 1 heterocycles. The molecule has 0 aromatic carbocycles. The Morgan fingerprint density at radius 2 is 2.10 bits per heavy atom. The minimum atomic E-state index is 0.0785. The lowest BCUT2D eigenvalue weighted by Crippen LogP contribution is -2.24. The molecule has 0 saturated carbocycles. The SMILES string of the molecule is C=C[C@]1(C)CC=C(C(=O)C2=C(C)CCC23SCCS3)C1. The van der Waals surface area contributed by atoms with Gasteiger partial charge in [0.15, 0.2) is 5.78 Å². The molecule has 0 N–H and O–H groups in total. The van der Waals surface area contributed by atoms with Crippen LogP contribution >= 0.6 is 23.5 Å². The predicted molar refractivity (Wildman–Crippen MR) is 90.2 cm³/mol. The van der Waals surface area contributed by atoms with Gasteiger partial charge in [-0.2, -0.15) is 0 Å². The maximum absolute atomic E-state index is 13.0. The molecule has 1 atom stereocenters. The number of ketones is 1. The van der Waals surface area contributed by atoms with Crippen molar-refractivity contribution in [2.24, 2.45) is 5.41 Å². The van der Waals surface area contributed by atoms with E-state index in [0.717, 1.165) is 36.8 Å². The average molecular weight is 306 g/mol. The lowest BCUT2D eigenvalue weighted by molar-refractivity contribution is -0.112. The van der Waals surface area contributed by atoms with Crippen molar-refractivity contribution in [1.82, 2.24) is 0 Å². The van der Waals surface area contributed by atoms with Crippen LogP contribution in [0.5, 0.6) is 0 Å². The number of carbonyl (C=O) groups excluding carboxylic acids is 1. The van der Waals surface area contributed by atoms with E-state index >= 15 is 0 Å². The van der Waals surface area contributed by atoms with Crippen molar-refractivity contribution >= 4 is 29.3 Å². The molecular formula is C17H22OS2. The fourth-order valence-corrected chi connectivity index (χ4v) is 6.94. The summed E-state index contributed by atoms with van der Waals surface area (Å²) in [5.74, 6) is 2.68. The molecule has 20 heavy (non-hydrogen) atoms.